The summed E-state index contributed by atoms with van der Waals surface area (Å²) < 4.78 is 0. The van der Waals surface area contributed by atoms with Crippen molar-refractivity contribution in [2.24, 2.45) is 0 Å². The quantitative estimate of drug-likeness (QED) is 0.833. The molecular formula is C18H22N2O3S. The van der Waals surface area contributed by atoms with Crippen molar-refractivity contribution in [3.63, 3.8) is 0 Å². The van der Waals surface area contributed by atoms with E-state index in [1.165, 1.54) is 23.2 Å². The molecule has 1 unspecified atom stereocenters. The van der Waals surface area contributed by atoms with Crippen LogP contribution in [0.2, 0.25) is 0 Å². The van der Waals surface area contributed by atoms with Gasteiger partial charge in [0.05, 0.1) is 10.7 Å². The summed E-state index contributed by atoms with van der Waals surface area (Å²) in [5.41, 5.74) is 1.57. The highest BCUT2D eigenvalue weighted by molar-refractivity contribution is 7.13. The molecule has 6 heteroatoms. The summed E-state index contributed by atoms with van der Waals surface area (Å²) >= 11 is 1.36. The molecule has 1 N–H and O–H groups in total. The van der Waals surface area contributed by atoms with E-state index in [0.29, 0.717) is 10.6 Å². The molecule has 1 aromatic heterocycles. The zero-order valence-electron chi connectivity index (χ0n) is 14.2. The van der Waals surface area contributed by atoms with Crippen LogP contribution < -0.4 is 0 Å². The molecule has 0 radical (unpaired) electrons. The van der Waals surface area contributed by atoms with Crippen LogP contribution in [0.25, 0.3) is 0 Å². The minimum atomic E-state index is -1.02. The maximum absolute atomic E-state index is 13.0. The highest BCUT2D eigenvalue weighted by Crippen LogP contribution is 2.23. The summed E-state index contributed by atoms with van der Waals surface area (Å²) in [5.74, 6) is -1.29. The van der Waals surface area contributed by atoms with E-state index in [1.807, 2.05) is 30.3 Å². The number of rotatable bonds is 7. The van der Waals surface area contributed by atoms with Crippen molar-refractivity contribution in [1.29, 1.82) is 0 Å². The van der Waals surface area contributed by atoms with Gasteiger partial charge >= 0.3 is 5.97 Å². The summed E-state index contributed by atoms with van der Waals surface area (Å²) in [6, 6.07) is 8.50. The standard InChI is InChI=1S/C18H22N2O3S/c1-4-8-15-19-12(2)16(24-15)17(21)20(13(3)18(22)23)11-14-9-6-5-7-10-14/h5-7,9-10,13H,4,8,11H2,1-3H3,(H,22,23). The Kier molecular flexibility index (Phi) is 6.09. The van der Waals surface area contributed by atoms with E-state index < -0.39 is 12.0 Å². The predicted molar refractivity (Wildman–Crippen MR) is 94.3 cm³/mol. The van der Waals surface area contributed by atoms with Crippen LogP contribution in [0.15, 0.2) is 30.3 Å². The molecule has 0 saturated heterocycles. The number of amides is 1. The molecule has 2 aromatic rings. The number of hydrogen-bond acceptors (Lipinski definition) is 4. The SMILES string of the molecule is CCCc1nc(C)c(C(=O)N(Cc2ccccc2)C(C)C(=O)O)s1. The van der Waals surface area contributed by atoms with Crippen molar-refractivity contribution in [3.8, 4) is 0 Å². The number of hydrogen-bond donors (Lipinski definition) is 1. The van der Waals surface area contributed by atoms with Crippen LogP contribution in [0.1, 0.15) is 46.2 Å². The summed E-state index contributed by atoms with van der Waals surface area (Å²) in [4.78, 5) is 30.8. The minimum Gasteiger partial charge on any atom is -0.480 e. The summed E-state index contributed by atoms with van der Waals surface area (Å²) in [5, 5.41) is 10.3. The third kappa shape index (κ3) is 4.20. The smallest absolute Gasteiger partial charge is 0.326 e. The highest BCUT2D eigenvalue weighted by Gasteiger charge is 2.29. The molecule has 0 bridgehead atoms. The van der Waals surface area contributed by atoms with Crippen LogP contribution in [0, 0.1) is 6.92 Å². The lowest BCUT2D eigenvalue weighted by molar-refractivity contribution is -0.141. The molecule has 0 aliphatic heterocycles. The number of carbonyl (C=O) groups is 2. The summed E-state index contributed by atoms with van der Waals surface area (Å²) in [7, 11) is 0. The molecule has 1 amide bonds. The Morgan fingerprint density at radius 3 is 2.54 bits per heavy atom. The van der Waals surface area contributed by atoms with Gasteiger partial charge < -0.3 is 10.0 Å². The molecule has 1 atom stereocenters. The van der Waals surface area contributed by atoms with E-state index in [9.17, 15) is 14.7 Å². The number of thiazole rings is 1. The van der Waals surface area contributed by atoms with Gasteiger partial charge in [-0.2, -0.15) is 0 Å². The Labute approximate surface area is 146 Å². The third-order valence-electron chi connectivity index (χ3n) is 3.78. The molecular weight excluding hydrogens is 324 g/mol. The first-order chi connectivity index (χ1) is 11.4. The number of benzene rings is 1. The van der Waals surface area contributed by atoms with E-state index in [0.717, 1.165) is 23.4 Å². The highest BCUT2D eigenvalue weighted by atomic mass is 32.1. The number of carbonyl (C=O) groups excluding carboxylic acids is 1. The Morgan fingerprint density at radius 1 is 1.29 bits per heavy atom. The second-order valence-corrected chi connectivity index (χ2v) is 6.79. The summed E-state index contributed by atoms with van der Waals surface area (Å²) in [6.07, 6.45) is 1.78. The fourth-order valence-electron chi connectivity index (χ4n) is 2.40. The van der Waals surface area contributed by atoms with Gasteiger partial charge in [-0.05, 0) is 32.3 Å². The molecule has 1 aromatic carbocycles. The van der Waals surface area contributed by atoms with Gasteiger partial charge in [0, 0.05) is 6.54 Å². The van der Waals surface area contributed by atoms with E-state index in [-0.39, 0.29) is 12.5 Å². The second-order valence-electron chi connectivity index (χ2n) is 5.71. The lowest BCUT2D eigenvalue weighted by Gasteiger charge is -2.26. The van der Waals surface area contributed by atoms with Crippen molar-refractivity contribution in [2.45, 2.75) is 46.2 Å². The van der Waals surface area contributed by atoms with Crippen molar-refractivity contribution >= 4 is 23.2 Å². The van der Waals surface area contributed by atoms with Gasteiger partial charge in [-0.15, -0.1) is 11.3 Å². The largest absolute Gasteiger partial charge is 0.480 e. The second kappa shape index (κ2) is 8.06. The molecule has 1 heterocycles. The monoisotopic (exact) mass is 346 g/mol. The molecule has 0 fully saturated rings. The van der Waals surface area contributed by atoms with Crippen molar-refractivity contribution in [1.82, 2.24) is 9.88 Å². The maximum Gasteiger partial charge on any atom is 0.326 e. The van der Waals surface area contributed by atoms with Crippen LogP contribution in [0.5, 0.6) is 0 Å². The average Bonchev–Trinajstić information content (AvgIpc) is 2.93. The summed E-state index contributed by atoms with van der Waals surface area (Å²) in [6.45, 7) is 5.65. The van der Waals surface area contributed by atoms with E-state index in [1.54, 1.807) is 6.92 Å². The van der Waals surface area contributed by atoms with Crippen LogP contribution in [-0.4, -0.2) is 32.9 Å². The molecule has 0 saturated carbocycles. The van der Waals surface area contributed by atoms with E-state index >= 15 is 0 Å². The fourth-order valence-corrected chi connectivity index (χ4v) is 3.52. The Morgan fingerprint density at radius 2 is 1.96 bits per heavy atom. The average molecular weight is 346 g/mol. The number of aromatic nitrogens is 1. The molecule has 0 aliphatic rings. The van der Waals surface area contributed by atoms with E-state index in [4.69, 9.17) is 0 Å². The van der Waals surface area contributed by atoms with Gasteiger partial charge in [-0.3, -0.25) is 4.79 Å². The van der Waals surface area contributed by atoms with Gasteiger partial charge in [0.25, 0.3) is 5.91 Å². The number of carboxylic acids is 1. The number of aliphatic carboxylic acids is 1. The van der Waals surface area contributed by atoms with Gasteiger partial charge in [0.2, 0.25) is 0 Å². The predicted octanol–water partition coefficient (Wildman–Crippen LogP) is 3.52. The molecule has 0 spiro atoms. The van der Waals surface area contributed by atoms with Crippen LogP contribution in [0.4, 0.5) is 0 Å². The van der Waals surface area contributed by atoms with E-state index in [2.05, 4.69) is 11.9 Å². The zero-order valence-corrected chi connectivity index (χ0v) is 15.0. The van der Waals surface area contributed by atoms with Crippen LogP contribution >= 0.6 is 11.3 Å². The molecule has 5 nitrogen and oxygen atoms in total. The fraction of sp³-hybridized carbons (Fsp3) is 0.389. The Hall–Kier alpha value is -2.21. The number of aryl methyl sites for hydroxylation is 2. The lowest BCUT2D eigenvalue weighted by Crippen LogP contribution is -2.42. The normalized spacial score (nSPS) is 12.0. The molecule has 0 aliphatic carbocycles. The Balaban J connectivity index is 2.32. The maximum atomic E-state index is 13.0. The van der Waals surface area contributed by atoms with Gasteiger partial charge in [0.15, 0.2) is 0 Å². The van der Waals surface area contributed by atoms with Crippen molar-refractivity contribution in [2.75, 3.05) is 0 Å². The van der Waals surface area contributed by atoms with Crippen LogP contribution in [0.3, 0.4) is 0 Å². The van der Waals surface area contributed by atoms with Gasteiger partial charge in [-0.1, -0.05) is 37.3 Å². The lowest BCUT2D eigenvalue weighted by atomic mass is 10.1. The van der Waals surface area contributed by atoms with Crippen molar-refractivity contribution in [3.05, 3.63) is 51.5 Å². The first-order valence-corrected chi connectivity index (χ1v) is 8.79. The first-order valence-electron chi connectivity index (χ1n) is 7.98. The molecule has 128 valence electrons. The molecule has 24 heavy (non-hydrogen) atoms. The van der Waals surface area contributed by atoms with Gasteiger partial charge in [-0.25, -0.2) is 9.78 Å². The van der Waals surface area contributed by atoms with Crippen molar-refractivity contribution < 1.29 is 14.7 Å². The number of carboxylic acid groups (broad SMARTS) is 1. The third-order valence-corrected chi connectivity index (χ3v) is 4.99. The first kappa shape index (κ1) is 18.1. The number of nitrogens with zero attached hydrogens (tertiary/aromatic N) is 2. The topological polar surface area (TPSA) is 70.5 Å². The molecule has 2 rings (SSSR count). The zero-order chi connectivity index (χ0) is 17.7. The van der Waals surface area contributed by atoms with Gasteiger partial charge in [0.1, 0.15) is 10.9 Å². The van der Waals surface area contributed by atoms with Crippen LogP contribution in [-0.2, 0) is 17.8 Å². The minimum absolute atomic E-state index is 0.258. The Bertz CT molecular complexity index is 712.